The molecule has 0 amide bonds. The van der Waals surface area contributed by atoms with Gasteiger partial charge in [0.15, 0.2) is 0 Å². The van der Waals surface area contributed by atoms with E-state index in [1.54, 1.807) is 0 Å². The number of nitrogen functional groups attached to an aromatic ring is 1. The molecule has 1 aromatic rings. The molecule has 0 radical (unpaired) electrons. The van der Waals surface area contributed by atoms with E-state index in [-0.39, 0.29) is 18.0 Å². The SMILES string of the molecule is CC(C)(COc1ccc(C(F)(F)F)cc1N)C(=O)O. The second kappa shape index (κ2) is 4.99. The zero-order valence-electron chi connectivity index (χ0n) is 10.4. The van der Waals surface area contributed by atoms with Crippen LogP contribution in [0.25, 0.3) is 0 Å². The lowest BCUT2D eigenvalue weighted by molar-refractivity contribution is -0.148. The fourth-order valence-electron chi connectivity index (χ4n) is 1.18. The van der Waals surface area contributed by atoms with Crippen LogP contribution in [0.3, 0.4) is 0 Å². The molecule has 0 aliphatic carbocycles. The summed E-state index contributed by atoms with van der Waals surface area (Å²) < 4.78 is 42.4. The standard InChI is InChI=1S/C12H14F3NO3/c1-11(2,10(17)18)6-19-9-4-3-7(5-8(9)16)12(13,14)15/h3-5H,6,16H2,1-2H3,(H,17,18). The summed E-state index contributed by atoms with van der Waals surface area (Å²) in [5, 5.41) is 8.88. The van der Waals surface area contributed by atoms with Gasteiger partial charge in [-0.25, -0.2) is 0 Å². The summed E-state index contributed by atoms with van der Waals surface area (Å²) in [7, 11) is 0. The molecule has 4 nitrogen and oxygen atoms in total. The lowest BCUT2D eigenvalue weighted by Crippen LogP contribution is -2.30. The van der Waals surface area contributed by atoms with E-state index >= 15 is 0 Å². The minimum atomic E-state index is -4.48. The van der Waals surface area contributed by atoms with Gasteiger partial charge in [-0.05, 0) is 32.0 Å². The maximum absolute atomic E-state index is 12.4. The van der Waals surface area contributed by atoms with Crippen LogP contribution in [0.1, 0.15) is 19.4 Å². The highest BCUT2D eigenvalue weighted by Crippen LogP contribution is 2.34. The van der Waals surface area contributed by atoms with Crippen LogP contribution in [-0.2, 0) is 11.0 Å². The summed E-state index contributed by atoms with van der Waals surface area (Å²) in [5.74, 6) is -1.04. The van der Waals surface area contributed by atoms with Crippen LogP contribution >= 0.6 is 0 Å². The fourth-order valence-corrected chi connectivity index (χ4v) is 1.18. The Morgan fingerprint density at radius 1 is 1.37 bits per heavy atom. The number of carbonyl (C=O) groups is 1. The number of aliphatic carboxylic acids is 1. The van der Waals surface area contributed by atoms with Gasteiger partial charge in [0.05, 0.1) is 16.7 Å². The molecule has 0 bridgehead atoms. The van der Waals surface area contributed by atoms with Crippen molar-refractivity contribution >= 4 is 11.7 Å². The van der Waals surface area contributed by atoms with Gasteiger partial charge in [-0.15, -0.1) is 0 Å². The Morgan fingerprint density at radius 2 is 1.95 bits per heavy atom. The van der Waals surface area contributed by atoms with Gasteiger partial charge < -0.3 is 15.6 Å². The zero-order valence-corrected chi connectivity index (χ0v) is 10.4. The molecule has 0 fully saturated rings. The highest BCUT2D eigenvalue weighted by atomic mass is 19.4. The van der Waals surface area contributed by atoms with E-state index in [1.807, 2.05) is 0 Å². The molecule has 0 heterocycles. The average Bonchev–Trinajstić information content (AvgIpc) is 2.25. The molecule has 1 aromatic carbocycles. The van der Waals surface area contributed by atoms with Crippen LogP contribution in [0, 0.1) is 5.41 Å². The number of carboxylic acid groups (broad SMARTS) is 1. The van der Waals surface area contributed by atoms with Gasteiger partial charge in [0.2, 0.25) is 0 Å². The Hall–Kier alpha value is -1.92. The Kier molecular flexibility index (Phi) is 3.97. The van der Waals surface area contributed by atoms with Crippen LogP contribution < -0.4 is 10.5 Å². The highest BCUT2D eigenvalue weighted by molar-refractivity contribution is 5.73. The van der Waals surface area contributed by atoms with Gasteiger partial charge in [-0.2, -0.15) is 13.2 Å². The highest BCUT2D eigenvalue weighted by Gasteiger charge is 2.32. The normalized spacial score (nSPS) is 12.3. The smallest absolute Gasteiger partial charge is 0.416 e. The first-order chi connectivity index (χ1) is 8.54. The number of hydrogen-bond donors (Lipinski definition) is 2. The third-order valence-corrected chi connectivity index (χ3v) is 2.50. The predicted octanol–water partition coefficient (Wildman–Crippen LogP) is 2.78. The van der Waals surface area contributed by atoms with Crippen LogP contribution in [-0.4, -0.2) is 17.7 Å². The van der Waals surface area contributed by atoms with Crippen molar-refractivity contribution in [3.8, 4) is 5.75 Å². The summed E-state index contributed by atoms with van der Waals surface area (Å²) in [6.45, 7) is 2.68. The molecule has 0 aromatic heterocycles. The van der Waals surface area contributed by atoms with Crippen molar-refractivity contribution in [1.82, 2.24) is 0 Å². The number of anilines is 1. The van der Waals surface area contributed by atoms with Crippen molar-refractivity contribution in [3.63, 3.8) is 0 Å². The van der Waals surface area contributed by atoms with Gasteiger partial charge in [0.1, 0.15) is 12.4 Å². The van der Waals surface area contributed by atoms with E-state index in [1.165, 1.54) is 13.8 Å². The van der Waals surface area contributed by atoms with Gasteiger partial charge in [-0.3, -0.25) is 4.79 Å². The molecule has 3 N–H and O–H groups in total. The van der Waals surface area contributed by atoms with Gasteiger partial charge in [0, 0.05) is 0 Å². The zero-order chi connectivity index (χ0) is 14.8. The lowest BCUT2D eigenvalue weighted by atomic mass is 9.95. The summed E-state index contributed by atoms with van der Waals surface area (Å²) >= 11 is 0. The topological polar surface area (TPSA) is 72.5 Å². The minimum absolute atomic E-state index is 0.0299. The average molecular weight is 277 g/mol. The van der Waals surface area contributed by atoms with E-state index in [2.05, 4.69) is 0 Å². The first-order valence-electron chi connectivity index (χ1n) is 5.37. The summed E-state index contributed by atoms with van der Waals surface area (Å²) in [6, 6.07) is 2.67. The largest absolute Gasteiger partial charge is 0.490 e. The number of alkyl halides is 3. The molecule has 0 unspecified atom stereocenters. The second-order valence-electron chi connectivity index (χ2n) is 4.73. The number of benzene rings is 1. The van der Waals surface area contributed by atoms with Crippen molar-refractivity contribution in [3.05, 3.63) is 23.8 Å². The van der Waals surface area contributed by atoms with E-state index in [9.17, 15) is 18.0 Å². The Morgan fingerprint density at radius 3 is 2.37 bits per heavy atom. The molecular weight excluding hydrogens is 263 g/mol. The van der Waals surface area contributed by atoms with Gasteiger partial charge >= 0.3 is 12.1 Å². The quantitative estimate of drug-likeness (QED) is 0.830. The Balaban J connectivity index is 2.85. The maximum atomic E-state index is 12.4. The van der Waals surface area contributed by atoms with E-state index in [4.69, 9.17) is 15.6 Å². The third-order valence-electron chi connectivity index (χ3n) is 2.50. The van der Waals surface area contributed by atoms with Crippen molar-refractivity contribution in [2.45, 2.75) is 20.0 Å². The third kappa shape index (κ3) is 3.77. The molecule has 7 heteroatoms. The van der Waals surface area contributed by atoms with Crippen molar-refractivity contribution in [2.75, 3.05) is 12.3 Å². The molecule has 0 saturated carbocycles. The molecule has 19 heavy (non-hydrogen) atoms. The number of carboxylic acids is 1. The van der Waals surface area contributed by atoms with E-state index in [0.29, 0.717) is 0 Å². The van der Waals surface area contributed by atoms with Crippen molar-refractivity contribution < 1.29 is 27.8 Å². The monoisotopic (exact) mass is 277 g/mol. The van der Waals surface area contributed by atoms with Crippen LogP contribution in [0.15, 0.2) is 18.2 Å². The fraction of sp³-hybridized carbons (Fsp3) is 0.417. The number of hydrogen-bond acceptors (Lipinski definition) is 3. The number of rotatable bonds is 4. The first kappa shape index (κ1) is 15.1. The number of halogens is 3. The summed E-state index contributed by atoms with van der Waals surface area (Å²) in [6.07, 6.45) is -4.48. The maximum Gasteiger partial charge on any atom is 0.416 e. The Bertz CT molecular complexity index is 484. The molecule has 0 aliphatic rings. The van der Waals surface area contributed by atoms with Crippen molar-refractivity contribution in [2.24, 2.45) is 5.41 Å². The molecule has 0 atom stereocenters. The van der Waals surface area contributed by atoms with Crippen LogP contribution in [0.5, 0.6) is 5.75 Å². The summed E-state index contributed by atoms with van der Waals surface area (Å²) in [5.41, 5.74) is 3.23. The second-order valence-corrected chi connectivity index (χ2v) is 4.73. The predicted molar refractivity (Wildman–Crippen MR) is 62.8 cm³/mol. The molecule has 1 rings (SSSR count). The molecule has 0 saturated heterocycles. The summed E-state index contributed by atoms with van der Waals surface area (Å²) in [4.78, 5) is 10.9. The van der Waals surface area contributed by atoms with Crippen LogP contribution in [0.2, 0.25) is 0 Å². The lowest BCUT2D eigenvalue weighted by Gasteiger charge is -2.20. The molecule has 0 aliphatic heterocycles. The Labute approximate surface area is 108 Å². The van der Waals surface area contributed by atoms with Crippen LogP contribution in [0.4, 0.5) is 18.9 Å². The molecular formula is C12H14F3NO3. The van der Waals surface area contributed by atoms with Crippen molar-refractivity contribution in [1.29, 1.82) is 0 Å². The van der Waals surface area contributed by atoms with Gasteiger partial charge in [0.25, 0.3) is 0 Å². The number of nitrogens with two attached hydrogens (primary N) is 1. The first-order valence-corrected chi connectivity index (χ1v) is 5.37. The van der Waals surface area contributed by atoms with E-state index in [0.717, 1.165) is 18.2 Å². The minimum Gasteiger partial charge on any atom is -0.490 e. The number of ether oxygens (including phenoxy) is 1. The molecule has 0 spiro atoms. The molecule has 106 valence electrons. The van der Waals surface area contributed by atoms with Gasteiger partial charge in [-0.1, -0.05) is 0 Å². The van der Waals surface area contributed by atoms with E-state index < -0.39 is 23.1 Å².